The first kappa shape index (κ1) is 12.1. The van der Waals surface area contributed by atoms with Gasteiger partial charge in [0.1, 0.15) is 17.8 Å². The molecule has 1 heterocycles. The quantitative estimate of drug-likeness (QED) is 0.881. The van der Waals surface area contributed by atoms with Gasteiger partial charge in [-0.3, -0.25) is 4.79 Å². The maximum Gasteiger partial charge on any atom is 0.323 e. The number of carboxylic acid groups (broad SMARTS) is 1. The second-order valence-corrected chi connectivity index (χ2v) is 5.85. The van der Waals surface area contributed by atoms with Gasteiger partial charge in [-0.25, -0.2) is 0 Å². The summed E-state index contributed by atoms with van der Waals surface area (Å²) in [5.74, 6) is -1.07. The topological polar surface area (TPSA) is 87.0 Å². The van der Waals surface area contributed by atoms with Crippen molar-refractivity contribution in [2.45, 2.75) is 4.90 Å². The van der Waals surface area contributed by atoms with Crippen molar-refractivity contribution < 1.29 is 18.3 Å². The van der Waals surface area contributed by atoms with E-state index in [0.29, 0.717) is 10.2 Å². The molecule has 1 aliphatic rings. The minimum Gasteiger partial charge on any atom is -0.480 e. The normalized spacial score (nSPS) is 16.6. The number of anilines is 1. The molecule has 0 spiro atoms. The van der Waals surface area contributed by atoms with Crippen LogP contribution in [0.15, 0.2) is 32.0 Å². The third-order valence-electron chi connectivity index (χ3n) is 2.14. The summed E-state index contributed by atoms with van der Waals surface area (Å²) in [5, 5.41) is 8.73. The van der Waals surface area contributed by atoms with Gasteiger partial charge in [0, 0.05) is 4.47 Å². The molecule has 1 aliphatic heterocycles. The van der Waals surface area contributed by atoms with Crippen molar-refractivity contribution >= 4 is 43.9 Å². The Hall–Kier alpha value is -1.41. The molecule has 0 bridgehead atoms. The van der Waals surface area contributed by atoms with Gasteiger partial charge in [0.25, 0.3) is 10.0 Å². The number of hydrogen-bond donors (Lipinski definition) is 1. The van der Waals surface area contributed by atoms with Crippen molar-refractivity contribution in [1.29, 1.82) is 0 Å². The van der Waals surface area contributed by atoms with E-state index in [4.69, 9.17) is 5.11 Å². The molecule has 0 saturated heterocycles. The molecule has 0 aromatic heterocycles. The highest BCUT2D eigenvalue weighted by Gasteiger charge is 2.26. The van der Waals surface area contributed by atoms with Gasteiger partial charge in [0.05, 0.1) is 5.69 Å². The van der Waals surface area contributed by atoms with E-state index in [0.717, 1.165) is 6.34 Å². The molecule has 17 heavy (non-hydrogen) atoms. The lowest BCUT2D eigenvalue weighted by Crippen LogP contribution is -2.32. The summed E-state index contributed by atoms with van der Waals surface area (Å²) in [6, 6.07) is 4.50. The number of benzene rings is 1. The zero-order valence-corrected chi connectivity index (χ0v) is 10.8. The van der Waals surface area contributed by atoms with Crippen LogP contribution in [0.3, 0.4) is 0 Å². The zero-order valence-electron chi connectivity index (χ0n) is 8.37. The minimum atomic E-state index is -3.71. The summed E-state index contributed by atoms with van der Waals surface area (Å²) in [6.07, 6.45) is 1.01. The fraction of sp³-hybridized carbons (Fsp3) is 0.111. The Morgan fingerprint density at radius 1 is 1.47 bits per heavy atom. The number of rotatable bonds is 2. The Balaban J connectivity index is 2.58. The van der Waals surface area contributed by atoms with Crippen LogP contribution in [0.1, 0.15) is 0 Å². The Morgan fingerprint density at radius 2 is 2.18 bits per heavy atom. The lowest BCUT2D eigenvalue weighted by molar-refractivity contribution is -0.135. The molecule has 2 rings (SSSR count). The number of hydrogen-bond acceptors (Lipinski definition) is 4. The average molecular weight is 319 g/mol. The predicted octanol–water partition coefficient (Wildman–Crippen LogP) is 1.07. The first-order valence-electron chi connectivity index (χ1n) is 4.48. The standard InChI is InChI=1S/C9H7BrN2O4S/c10-6-1-2-8-7(3-6)12(4-9(13)14)5-11-17(8,15)16/h1-3,5H,4H2,(H,13,14). The van der Waals surface area contributed by atoms with Gasteiger partial charge in [0.15, 0.2) is 0 Å². The van der Waals surface area contributed by atoms with Crippen molar-refractivity contribution in [2.75, 3.05) is 11.4 Å². The van der Waals surface area contributed by atoms with Gasteiger partial charge in [0.2, 0.25) is 0 Å². The molecule has 0 saturated carbocycles. The van der Waals surface area contributed by atoms with Crippen LogP contribution in [-0.4, -0.2) is 32.4 Å². The summed E-state index contributed by atoms with van der Waals surface area (Å²) < 4.78 is 27.3. The molecule has 0 unspecified atom stereocenters. The lowest BCUT2D eigenvalue weighted by Gasteiger charge is -2.23. The maximum absolute atomic E-state index is 11.6. The second-order valence-electron chi connectivity index (χ2n) is 3.33. The van der Waals surface area contributed by atoms with Crippen molar-refractivity contribution in [1.82, 2.24) is 0 Å². The fourth-order valence-electron chi connectivity index (χ4n) is 1.44. The van der Waals surface area contributed by atoms with E-state index < -0.39 is 16.0 Å². The van der Waals surface area contributed by atoms with Crippen LogP contribution in [0.5, 0.6) is 0 Å². The highest BCUT2D eigenvalue weighted by Crippen LogP contribution is 2.31. The summed E-state index contributed by atoms with van der Waals surface area (Å²) >= 11 is 3.21. The minimum absolute atomic E-state index is 0.00412. The monoisotopic (exact) mass is 318 g/mol. The van der Waals surface area contributed by atoms with Crippen LogP contribution in [0.25, 0.3) is 0 Å². The number of halogens is 1. The van der Waals surface area contributed by atoms with Crippen LogP contribution < -0.4 is 4.90 Å². The highest BCUT2D eigenvalue weighted by atomic mass is 79.9. The molecule has 1 aromatic rings. The first-order chi connectivity index (χ1) is 7.90. The van der Waals surface area contributed by atoms with Crippen molar-refractivity contribution in [3.8, 4) is 0 Å². The smallest absolute Gasteiger partial charge is 0.323 e. The molecule has 1 N–H and O–H groups in total. The summed E-state index contributed by atoms with van der Waals surface area (Å²) in [6.45, 7) is -0.345. The van der Waals surface area contributed by atoms with Gasteiger partial charge < -0.3 is 10.0 Å². The second kappa shape index (κ2) is 4.11. The van der Waals surface area contributed by atoms with E-state index in [1.165, 1.54) is 11.0 Å². The van der Waals surface area contributed by atoms with Crippen molar-refractivity contribution in [2.24, 2.45) is 4.40 Å². The van der Waals surface area contributed by atoms with Gasteiger partial charge >= 0.3 is 5.97 Å². The molecular formula is C9H7BrN2O4S. The van der Waals surface area contributed by atoms with Crippen LogP contribution in [0, 0.1) is 0 Å². The molecule has 0 fully saturated rings. The van der Waals surface area contributed by atoms with Crippen molar-refractivity contribution in [3.05, 3.63) is 22.7 Å². The zero-order chi connectivity index (χ0) is 12.6. The number of carboxylic acids is 1. The number of aliphatic carboxylic acids is 1. The molecular weight excluding hydrogens is 312 g/mol. The Labute approximate surface area is 106 Å². The predicted molar refractivity (Wildman–Crippen MR) is 64.8 cm³/mol. The van der Waals surface area contributed by atoms with E-state index in [-0.39, 0.29) is 11.4 Å². The molecule has 90 valence electrons. The summed E-state index contributed by atoms with van der Waals surface area (Å²) in [5.41, 5.74) is 0.303. The van der Waals surface area contributed by atoms with Gasteiger partial charge in [-0.1, -0.05) is 15.9 Å². The van der Waals surface area contributed by atoms with Gasteiger partial charge in [-0.15, -0.1) is 4.40 Å². The Bertz CT molecular complexity index is 611. The molecule has 1 aromatic carbocycles. The molecule has 0 aliphatic carbocycles. The fourth-order valence-corrected chi connectivity index (χ4v) is 2.82. The SMILES string of the molecule is O=C(O)CN1C=NS(=O)(=O)c2ccc(Br)cc21. The summed E-state index contributed by atoms with van der Waals surface area (Å²) in [4.78, 5) is 11.9. The van der Waals surface area contributed by atoms with Crippen LogP contribution in [0.4, 0.5) is 5.69 Å². The third kappa shape index (κ3) is 2.32. The largest absolute Gasteiger partial charge is 0.480 e. The molecule has 0 atom stereocenters. The van der Waals surface area contributed by atoms with Gasteiger partial charge in [-0.2, -0.15) is 8.42 Å². The third-order valence-corrected chi connectivity index (χ3v) is 3.91. The van der Waals surface area contributed by atoms with E-state index in [1.54, 1.807) is 12.1 Å². The number of fused-ring (bicyclic) bond motifs is 1. The lowest BCUT2D eigenvalue weighted by atomic mass is 10.3. The highest BCUT2D eigenvalue weighted by molar-refractivity contribution is 9.10. The van der Waals surface area contributed by atoms with Crippen molar-refractivity contribution in [3.63, 3.8) is 0 Å². The number of carbonyl (C=O) groups is 1. The van der Waals surface area contributed by atoms with Crippen LogP contribution in [-0.2, 0) is 14.8 Å². The Kier molecular flexibility index (Phi) is 2.92. The van der Waals surface area contributed by atoms with E-state index in [9.17, 15) is 13.2 Å². The van der Waals surface area contributed by atoms with E-state index >= 15 is 0 Å². The first-order valence-corrected chi connectivity index (χ1v) is 6.72. The average Bonchev–Trinajstić information content (AvgIpc) is 2.22. The van der Waals surface area contributed by atoms with Gasteiger partial charge in [-0.05, 0) is 18.2 Å². The van der Waals surface area contributed by atoms with Crippen LogP contribution in [0.2, 0.25) is 0 Å². The summed E-state index contributed by atoms with van der Waals surface area (Å²) in [7, 11) is -3.71. The Morgan fingerprint density at radius 3 is 2.82 bits per heavy atom. The molecule has 0 radical (unpaired) electrons. The molecule has 0 amide bonds. The molecule has 6 nitrogen and oxygen atoms in total. The number of nitrogens with zero attached hydrogens (tertiary/aromatic N) is 2. The van der Waals surface area contributed by atoms with E-state index in [2.05, 4.69) is 20.3 Å². The number of sulfonamides is 1. The maximum atomic E-state index is 11.6. The van der Waals surface area contributed by atoms with E-state index in [1.807, 2.05) is 0 Å². The van der Waals surface area contributed by atoms with Crippen LogP contribution >= 0.6 is 15.9 Å². The molecule has 8 heteroatoms.